The van der Waals surface area contributed by atoms with Gasteiger partial charge >= 0.3 is 0 Å². The minimum Gasteiger partial charge on any atom is -0.503 e. The van der Waals surface area contributed by atoms with Crippen LogP contribution in [-0.2, 0) is 0 Å². The largest absolute Gasteiger partial charge is 0.503 e. The Morgan fingerprint density at radius 2 is 1.58 bits per heavy atom. The van der Waals surface area contributed by atoms with Crippen LogP contribution >= 0.6 is 15.9 Å². The van der Waals surface area contributed by atoms with E-state index in [1.54, 1.807) is 0 Å². The van der Waals surface area contributed by atoms with Gasteiger partial charge in [-0.3, -0.25) is 0 Å². The van der Waals surface area contributed by atoms with Gasteiger partial charge in [-0.25, -0.2) is 8.78 Å². The Bertz CT molecular complexity index is 233. The Hall–Kier alpha value is -0.710. The minimum atomic E-state index is -1.58. The van der Waals surface area contributed by atoms with E-state index in [4.69, 9.17) is 5.11 Å². The summed E-state index contributed by atoms with van der Waals surface area (Å²) in [6.07, 6.45) is 0. The fourth-order valence-electron chi connectivity index (χ4n) is 0.735. The van der Waals surface area contributed by atoms with Crippen molar-refractivity contribution in [3.8, 4) is 5.75 Å². The van der Waals surface area contributed by atoms with Crippen LogP contribution in [0, 0.1) is 24.4 Å². The normalized spacial score (nSPS) is 10.4. The van der Waals surface area contributed by atoms with Gasteiger partial charge < -0.3 is 5.11 Å². The summed E-state index contributed by atoms with van der Waals surface area (Å²) in [5, 5.41) is 8.68. The van der Waals surface area contributed by atoms with Crippen molar-refractivity contribution < 1.29 is 18.3 Å². The summed E-state index contributed by atoms with van der Waals surface area (Å²) in [5.74, 6) is -5.30. The molecular formula is C7H4BrF3O. The number of phenols is 1. The lowest BCUT2D eigenvalue weighted by molar-refractivity contribution is 0.372. The molecule has 0 heterocycles. The Balaban J connectivity index is 3.60. The van der Waals surface area contributed by atoms with E-state index in [9.17, 15) is 13.2 Å². The van der Waals surface area contributed by atoms with E-state index in [0.29, 0.717) is 0 Å². The summed E-state index contributed by atoms with van der Waals surface area (Å²) in [5.41, 5.74) is -0.161. The first kappa shape index (κ1) is 9.38. The van der Waals surface area contributed by atoms with Crippen LogP contribution in [0.3, 0.4) is 0 Å². The van der Waals surface area contributed by atoms with Crippen molar-refractivity contribution in [2.45, 2.75) is 6.92 Å². The number of hydrogen-bond donors (Lipinski definition) is 1. The number of halogens is 4. The van der Waals surface area contributed by atoms with Crippen molar-refractivity contribution in [1.82, 2.24) is 0 Å². The van der Waals surface area contributed by atoms with Crippen LogP contribution in [0.5, 0.6) is 5.75 Å². The summed E-state index contributed by atoms with van der Waals surface area (Å²) in [4.78, 5) is 0. The van der Waals surface area contributed by atoms with Crippen LogP contribution in [-0.4, -0.2) is 5.11 Å². The summed E-state index contributed by atoms with van der Waals surface area (Å²) < 4.78 is 37.7. The molecule has 0 atom stereocenters. The summed E-state index contributed by atoms with van der Waals surface area (Å²) in [6, 6.07) is 0. The first-order valence-electron chi connectivity index (χ1n) is 2.98. The van der Waals surface area contributed by atoms with Crippen molar-refractivity contribution in [3.05, 3.63) is 27.5 Å². The van der Waals surface area contributed by atoms with Crippen LogP contribution < -0.4 is 0 Å². The molecule has 0 saturated carbocycles. The quantitative estimate of drug-likeness (QED) is 0.546. The van der Waals surface area contributed by atoms with Gasteiger partial charge in [0.15, 0.2) is 17.4 Å². The smallest absolute Gasteiger partial charge is 0.204 e. The van der Waals surface area contributed by atoms with Crippen LogP contribution in [0.15, 0.2) is 4.47 Å². The molecule has 1 N–H and O–H groups in total. The Morgan fingerprint density at radius 3 is 2.08 bits per heavy atom. The van der Waals surface area contributed by atoms with E-state index in [1.165, 1.54) is 6.92 Å². The molecule has 0 saturated heterocycles. The average Bonchev–Trinajstić information content (AvgIpc) is 2.08. The highest BCUT2D eigenvalue weighted by atomic mass is 79.9. The van der Waals surface area contributed by atoms with Gasteiger partial charge in [-0.15, -0.1) is 0 Å². The highest BCUT2D eigenvalue weighted by Gasteiger charge is 2.20. The number of rotatable bonds is 0. The van der Waals surface area contributed by atoms with Crippen molar-refractivity contribution in [2.75, 3.05) is 0 Å². The van der Waals surface area contributed by atoms with Crippen molar-refractivity contribution in [2.24, 2.45) is 0 Å². The lowest BCUT2D eigenvalue weighted by atomic mass is 10.2. The minimum absolute atomic E-state index is 0.161. The second kappa shape index (κ2) is 2.97. The van der Waals surface area contributed by atoms with E-state index in [0.717, 1.165) is 0 Å². The number of benzene rings is 1. The molecule has 1 nitrogen and oxygen atoms in total. The van der Waals surface area contributed by atoms with Gasteiger partial charge in [0.1, 0.15) is 0 Å². The maximum absolute atomic E-state index is 12.7. The molecule has 0 amide bonds. The summed E-state index contributed by atoms with van der Waals surface area (Å²) in [7, 11) is 0. The first-order chi connectivity index (χ1) is 5.46. The number of phenolic OH excluding ortho intramolecular Hbond substituents is 1. The van der Waals surface area contributed by atoms with Gasteiger partial charge in [0, 0.05) is 5.56 Å². The molecule has 0 aliphatic heterocycles. The molecule has 0 aliphatic rings. The Kier molecular flexibility index (Phi) is 2.32. The lowest BCUT2D eigenvalue weighted by Gasteiger charge is -2.04. The third-order valence-corrected chi connectivity index (χ3v) is 2.40. The van der Waals surface area contributed by atoms with Gasteiger partial charge in [-0.1, -0.05) is 0 Å². The standard InChI is InChI=1S/C7H4BrF3O/c1-2-3(8)5(10)6(11)7(12)4(2)9/h12H,1H3. The molecule has 1 aromatic carbocycles. The zero-order valence-corrected chi connectivity index (χ0v) is 7.55. The zero-order chi connectivity index (χ0) is 9.46. The maximum atomic E-state index is 12.7. The van der Waals surface area contributed by atoms with Gasteiger partial charge in [-0.2, -0.15) is 4.39 Å². The molecule has 1 aromatic rings. The predicted octanol–water partition coefficient (Wildman–Crippen LogP) is 2.88. The van der Waals surface area contributed by atoms with Crippen LogP contribution in [0.1, 0.15) is 5.56 Å². The van der Waals surface area contributed by atoms with Crippen LogP contribution in [0.2, 0.25) is 0 Å². The SMILES string of the molecule is Cc1c(F)c(O)c(F)c(F)c1Br. The molecule has 12 heavy (non-hydrogen) atoms. The van der Waals surface area contributed by atoms with Gasteiger partial charge in [-0.05, 0) is 22.9 Å². The molecule has 66 valence electrons. The molecule has 0 spiro atoms. The highest BCUT2D eigenvalue weighted by molar-refractivity contribution is 9.10. The van der Waals surface area contributed by atoms with E-state index < -0.39 is 23.2 Å². The van der Waals surface area contributed by atoms with E-state index >= 15 is 0 Å². The topological polar surface area (TPSA) is 20.2 Å². The molecule has 5 heteroatoms. The molecule has 0 aliphatic carbocycles. The van der Waals surface area contributed by atoms with Crippen molar-refractivity contribution in [1.29, 1.82) is 0 Å². The van der Waals surface area contributed by atoms with Gasteiger partial charge in [0.2, 0.25) is 5.82 Å². The third-order valence-electron chi connectivity index (χ3n) is 1.46. The fourth-order valence-corrected chi connectivity index (χ4v) is 1.08. The fraction of sp³-hybridized carbons (Fsp3) is 0.143. The third kappa shape index (κ3) is 1.18. The van der Waals surface area contributed by atoms with Crippen molar-refractivity contribution >= 4 is 15.9 Å². The van der Waals surface area contributed by atoms with E-state index in [2.05, 4.69) is 15.9 Å². The second-order valence-corrected chi connectivity index (χ2v) is 3.02. The van der Waals surface area contributed by atoms with Crippen molar-refractivity contribution in [3.63, 3.8) is 0 Å². The van der Waals surface area contributed by atoms with Crippen LogP contribution in [0.25, 0.3) is 0 Å². The first-order valence-corrected chi connectivity index (χ1v) is 3.77. The number of aromatic hydroxyl groups is 1. The summed E-state index contributed by atoms with van der Waals surface area (Å²) in [6.45, 7) is 1.22. The second-order valence-electron chi connectivity index (χ2n) is 2.23. The molecular weight excluding hydrogens is 237 g/mol. The maximum Gasteiger partial charge on any atom is 0.204 e. The van der Waals surface area contributed by atoms with E-state index in [-0.39, 0.29) is 10.0 Å². The Labute approximate surface area is 75.0 Å². The molecule has 0 unspecified atom stereocenters. The lowest BCUT2D eigenvalue weighted by Crippen LogP contribution is -1.95. The zero-order valence-electron chi connectivity index (χ0n) is 5.96. The molecule has 0 bridgehead atoms. The molecule has 0 fully saturated rings. The average molecular weight is 241 g/mol. The van der Waals surface area contributed by atoms with E-state index in [1.807, 2.05) is 0 Å². The predicted molar refractivity (Wildman–Crippen MR) is 40.4 cm³/mol. The molecule has 1 rings (SSSR count). The number of hydrogen-bond acceptors (Lipinski definition) is 1. The van der Waals surface area contributed by atoms with Gasteiger partial charge in [0.25, 0.3) is 0 Å². The van der Waals surface area contributed by atoms with Gasteiger partial charge in [0.05, 0.1) is 4.47 Å². The Morgan fingerprint density at radius 1 is 1.08 bits per heavy atom. The molecule has 0 aromatic heterocycles. The monoisotopic (exact) mass is 240 g/mol. The van der Waals surface area contributed by atoms with Crippen LogP contribution in [0.4, 0.5) is 13.2 Å². The summed E-state index contributed by atoms with van der Waals surface area (Å²) >= 11 is 2.65. The molecule has 0 radical (unpaired) electrons. The highest BCUT2D eigenvalue weighted by Crippen LogP contribution is 2.32.